The molecule has 24 heavy (non-hydrogen) atoms. The lowest BCUT2D eigenvalue weighted by atomic mass is 9.66. The Morgan fingerprint density at radius 3 is 2.54 bits per heavy atom. The van der Waals surface area contributed by atoms with E-state index >= 15 is 0 Å². The smallest absolute Gasteiger partial charge is 0.252 e. The average molecular weight is 333 g/mol. The molecule has 3 N–H and O–H groups in total. The first kappa shape index (κ1) is 18.9. The minimum absolute atomic E-state index is 0.0459. The van der Waals surface area contributed by atoms with Crippen LogP contribution < -0.4 is 5.32 Å². The fraction of sp³-hybridized carbons (Fsp3) is 0.650. The molecular weight excluding hydrogens is 302 g/mol. The highest BCUT2D eigenvalue weighted by atomic mass is 16.3. The van der Waals surface area contributed by atoms with Crippen LogP contribution in [0.3, 0.4) is 0 Å². The van der Waals surface area contributed by atoms with E-state index in [2.05, 4.69) is 26.1 Å². The molecule has 134 valence electrons. The van der Waals surface area contributed by atoms with Gasteiger partial charge in [-0.3, -0.25) is 4.79 Å². The van der Waals surface area contributed by atoms with Gasteiger partial charge in [-0.2, -0.15) is 0 Å². The number of nitrogens with one attached hydrogen (secondary N) is 1. The zero-order valence-corrected chi connectivity index (χ0v) is 15.2. The highest BCUT2D eigenvalue weighted by molar-refractivity contribution is 5.85. The number of amides is 1. The second-order valence-corrected chi connectivity index (χ2v) is 7.98. The van der Waals surface area contributed by atoms with Gasteiger partial charge in [-0.15, -0.1) is 0 Å². The predicted molar refractivity (Wildman–Crippen MR) is 95.3 cm³/mol. The number of hydrogen-bond donors (Lipinski definition) is 3. The molecule has 1 aromatic carbocycles. The molecule has 0 aromatic heterocycles. The first-order valence-corrected chi connectivity index (χ1v) is 8.95. The Morgan fingerprint density at radius 2 is 1.96 bits per heavy atom. The molecule has 1 unspecified atom stereocenters. The van der Waals surface area contributed by atoms with E-state index in [0.29, 0.717) is 12.3 Å². The monoisotopic (exact) mass is 333 g/mol. The van der Waals surface area contributed by atoms with E-state index in [1.807, 2.05) is 30.3 Å². The van der Waals surface area contributed by atoms with Crippen LogP contribution in [0.15, 0.2) is 30.3 Å². The Hall–Kier alpha value is -1.39. The molecule has 1 aliphatic carbocycles. The minimum Gasteiger partial charge on any atom is -0.384 e. The number of carbonyl (C=O) groups is 1. The Labute approximate surface area is 145 Å². The molecule has 0 spiro atoms. The second-order valence-electron chi connectivity index (χ2n) is 7.98. The molecule has 1 aliphatic rings. The van der Waals surface area contributed by atoms with Gasteiger partial charge in [-0.1, -0.05) is 57.5 Å². The predicted octanol–water partition coefficient (Wildman–Crippen LogP) is 2.83. The highest BCUT2D eigenvalue weighted by Gasteiger charge is 2.48. The van der Waals surface area contributed by atoms with Crippen molar-refractivity contribution in [3.8, 4) is 0 Å². The first-order valence-electron chi connectivity index (χ1n) is 8.95. The molecule has 0 bridgehead atoms. The summed E-state index contributed by atoms with van der Waals surface area (Å²) in [5, 5.41) is 24.6. The van der Waals surface area contributed by atoms with Crippen LogP contribution in [-0.2, 0) is 10.4 Å². The van der Waals surface area contributed by atoms with Gasteiger partial charge in [0.05, 0.1) is 6.54 Å². The second kappa shape index (κ2) is 7.24. The van der Waals surface area contributed by atoms with Crippen LogP contribution in [0.25, 0.3) is 0 Å². The van der Waals surface area contributed by atoms with E-state index in [1.165, 1.54) is 0 Å². The summed E-state index contributed by atoms with van der Waals surface area (Å²) in [5.41, 5.74) is -1.77. The molecule has 0 radical (unpaired) electrons. The van der Waals surface area contributed by atoms with Crippen LogP contribution in [0.4, 0.5) is 0 Å². The summed E-state index contributed by atoms with van der Waals surface area (Å²) in [7, 11) is 0. The van der Waals surface area contributed by atoms with E-state index in [4.69, 9.17) is 0 Å². The van der Waals surface area contributed by atoms with Gasteiger partial charge in [-0.05, 0) is 43.1 Å². The van der Waals surface area contributed by atoms with Gasteiger partial charge in [0.2, 0.25) is 0 Å². The fourth-order valence-electron chi connectivity index (χ4n) is 3.94. The third kappa shape index (κ3) is 3.98. The van der Waals surface area contributed by atoms with Crippen molar-refractivity contribution < 1.29 is 15.0 Å². The summed E-state index contributed by atoms with van der Waals surface area (Å²) in [6.45, 7) is 7.94. The first-order chi connectivity index (χ1) is 11.2. The van der Waals surface area contributed by atoms with Gasteiger partial charge in [0.15, 0.2) is 0 Å². The third-order valence-electron chi connectivity index (χ3n) is 5.43. The number of rotatable bonds is 5. The molecule has 1 amide bonds. The zero-order chi connectivity index (χ0) is 18.0. The molecule has 2 rings (SSSR count). The Bertz CT molecular complexity index is 555. The lowest BCUT2D eigenvalue weighted by Crippen LogP contribution is -2.57. The Kier molecular flexibility index (Phi) is 5.71. The lowest BCUT2D eigenvalue weighted by Gasteiger charge is -2.43. The molecule has 1 fully saturated rings. The highest BCUT2D eigenvalue weighted by Crippen LogP contribution is 2.41. The number of carbonyl (C=O) groups excluding carboxylic acids is 1. The van der Waals surface area contributed by atoms with Gasteiger partial charge in [0, 0.05) is 0 Å². The van der Waals surface area contributed by atoms with Crippen molar-refractivity contribution in [3.05, 3.63) is 35.9 Å². The van der Waals surface area contributed by atoms with E-state index in [1.54, 1.807) is 6.92 Å². The third-order valence-corrected chi connectivity index (χ3v) is 5.43. The summed E-state index contributed by atoms with van der Waals surface area (Å²) in [5.74, 6) is 0.160. The maximum atomic E-state index is 12.8. The van der Waals surface area contributed by atoms with Crippen LogP contribution in [0, 0.1) is 17.8 Å². The fourth-order valence-corrected chi connectivity index (χ4v) is 3.94. The molecule has 4 heteroatoms. The molecule has 0 heterocycles. The van der Waals surface area contributed by atoms with Gasteiger partial charge >= 0.3 is 0 Å². The van der Waals surface area contributed by atoms with Gasteiger partial charge in [-0.25, -0.2) is 0 Å². The van der Waals surface area contributed by atoms with Gasteiger partial charge in [0.1, 0.15) is 11.2 Å². The van der Waals surface area contributed by atoms with Crippen LogP contribution >= 0.6 is 0 Å². The van der Waals surface area contributed by atoms with E-state index < -0.39 is 11.2 Å². The van der Waals surface area contributed by atoms with E-state index in [9.17, 15) is 15.0 Å². The van der Waals surface area contributed by atoms with Crippen molar-refractivity contribution in [1.82, 2.24) is 5.32 Å². The largest absolute Gasteiger partial charge is 0.384 e. The number of benzene rings is 1. The lowest BCUT2D eigenvalue weighted by molar-refractivity contribution is -0.156. The van der Waals surface area contributed by atoms with E-state index in [0.717, 1.165) is 18.4 Å². The molecule has 0 saturated heterocycles. The molecule has 4 nitrogen and oxygen atoms in total. The molecule has 1 saturated carbocycles. The summed E-state index contributed by atoms with van der Waals surface area (Å²) >= 11 is 0. The Balaban J connectivity index is 2.09. The maximum absolute atomic E-state index is 12.8. The topological polar surface area (TPSA) is 69.6 Å². The zero-order valence-electron chi connectivity index (χ0n) is 15.2. The van der Waals surface area contributed by atoms with Crippen LogP contribution in [0.5, 0.6) is 0 Å². The molecule has 0 aliphatic heterocycles. The van der Waals surface area contributed by atoms with Crippen molar-refractivity contribution in [2.24, 2.45) is 17.8 Å². The van der Waals surface area contributed by atoms with Crippen molar-refractivity contribution in [1.29, 1.82) is 0 Å². The summed E-state index contributed by atoms with van der Waals surface area (Å²) in [4.78, 5) is 12.8. The van der Waals surface area contributed by atoms with Crippen LogP contribution in [0.2, 0.25) is 0 Å². The SMILES string of the molecule is CC(C)[C@@H]1CC[C@@H](C)C[C@@]1(O)C(=O)NCC(C)(O)c1ccccc1. The summed E-state index contributed by atoms with van der Waals surface area (Å²) < 4.78 is 0. The van der Waals surface area contributed by atoms with Crippen LogP contribution in [-0.4, -0.2) is 28.3 Å². The van der Waals surface area contributed by atoms with Crippen molar-refractivity contribution in [2.45, 2.75) is 58.2 Å². The van der Waals surface area contributed by atoms with Gasteiger partial charge < -0.3 is 15.5 Å². The Morgan fingerprint density at radius 1 is 1.33 bits per heavy atom. The normalized spacial score (nSPS) is 30.0. The van der Waals surface area contributed by atoms with Crippen molar-refractivity contribution >= 4 is 5.91 Å². The average Bonchev–Trinajstić information content (AvgIpc) is 2.53. The summed E-state index contributed by atoms with van der Waals surface area (Å²) in [6.07, 6.45) is 2.38. The van der Waals surface area contributed by atoms with E-state index in [-0.39, 0.29) is 24.3 Å². The number of hydrogen-bond acceptors (Lipinski definition) is 3. The molecular formula is C20H31NO3. The quantitative estimate of drug-likeness (QED) is 0.776. The molecule has 1 aromatic rings. The van der Waals surface area contributed by atoms with Crippen molar-refractivity contribution in [2.75, 3.05) is 6.54 Å². The van der Waals surface area contributed by atoms with Gasteiger partial charge in [0.25, 0.3) is 5.91 Å². The summed E-state index contributed by atoms with van der Waals surface area (Å²) in [6, 6.07) is 9.27. The maximum Gasteiger partial charge on any atom is 0.252 e. The van der Waals surface area contributed by atoms with Crippen LogP contribution in [0.1, 0.15) is 52.5 Å². The number of aliphatic hydroxyl groups is 2. The minimum atomic E-state index is -1.35. The van der Waals surface area contributed by atoms with Crippen molar-refractivity contribution in [3.63, 3.8) is 0 Å². The molecule has 4 atom stereocenters. The standard InChI is InChI=1S/C20H31NO3/c1-14(2)17-11-10-15(3)12-20(17,24)18(22)21-13-19(4,23)16-8-6-5-7-9-16/h5-9,14-15,17,23-24H,10-13H2,1-4H3,(H,21,22)/t15-,17+,19?,20+/m1/s1.